The SMILES string of the molecule is CC(C)Oc1ccc(O)c(C=NCNC(=O)C[N+]2(C)CCOCC2)c1. The fourth-order valence-electron chi connectivity index (χ4n) is 2.60. The molecule has 2 rings (SSSR count). The van der Waals surface area contributed by atoms with Crippen molar-refractivity contribution in [3.8, 4) is 11.5 Å². The molecule has 138 valence electrons. The normalized spacial score (nSPS) is 17.0. The van der Waals surface area contributed by atoms with Crippen molar-refractivity contribution in [3.63, 3.8) is 0 Å². The summed E-state index contributed by atoms with van der Waals surface area (Å²) in [6.07, 6.45) is 1.59. The number of amides is 1. The third kappa shape index (κ3) is 6.36. The summed E-state index contributed by atoms with van der Waals surface area (Å²) < 4.78 is 11.6. The molecular formula is C18H28N3O4+. The van der Waals surface area contributed by atoms with Crippen molar-refractivity contribution in [2.75, 3.05) is 46.6 Å². The summed E-state index contributed by atoms with van der Waals surface area (Å²) in [5.74, 6) is 0.753. The molecule has 7 nitrogen and oxygen atoms in total. The zero-order valence-electron chi connectivity index (χ0n) is 15.2. The predicted octanol–water partition coefficient (Wildman–Crippen LogP) is 1.15. The first kappa shape index (κ1) is 19.2. The van der Waals surface area contributed by atoms with Crippen molar-refractivity contribution in [1.29, 1.82) is 0 Å². The second-order valence-corrected chi connectivity index (χ2v) is 6.79. The Kier molecular flexibility index (Phi) is 6.78. The summed E-state index contributed by atoms with van der Waals surface area (Å²) in [6, 6.07) is 5.00. The number of carbonyl (C=O) groups is 1. The van der Waals surface area contributed by atoms with E-state index >= 15 is 0 Å². The number of likely N-dealkylation sites (N-methyl/N-ethyl adjacent to an activating group) is 1. The van der Waals surface area contributed by atoms with Gasteiger partial charge in [-0.05, 0) is 32.0 Å². The molecule has 1 heterocycles. The van der Waals surface area contributed by atoms with Crippen LogP contribution in [0.15, 0.2) is 23.2 Å². The molecule has 1 amide bonds. The minimum Gasteiger partial charge on any atom is -0.507 e. The lowest BCUT2D eigenvalue weighted by Gasteiger charge is -2.36. The third-order valence-electron chi connectivity index (χ3n) is 4.04. The molecule has 1 aliphatic heterocycles. The number of hydrogen-bond acceptors (Lipinski definition) is 5. The monoisotopic (exact) mass is 350 g/mol. The summed E-state index contributed by atoms with van der Waals surface area (Å²) >= 11 is 0. The standard InChI is InChI=1S/C18H27N3O4/c1-14(2)25-16-4-5-17(22)15(10-16)11-19-13-20-18(23)12-21(3)6-8-24-9-7-21/h4-5,10-11,14H,6-9,12-13H2,1-3H3,(H-,19,20,22,23)/p+1. The molecule has 0 aliphatic carbocycles. The number of carbonyl (C=O) groups excluding carboxylic acids is 1. The fourth-order valence-corrected chi connectivity index (χ4v) is 2.60. The summed E-state index contributed by atoms with van der Waals surface area (Å²) in [5, 5.41) is 12.7. The number of hydrogen-bond donors (Lipinski definition) is 2. The van der Waals surface area contributed by atoms with E-state index in [2.05, 4.69) is 17.4 Å². The molecule has 1 saturated heterocycles. The Balaban J connectivity index is 1.83. The maximum absolute atomic E-state index is 12.1. The average molecular weight is 350 g/mol. The smallest absolute Gasteiger partial charge is 0.276 e. The minimum atomic E-state index is -0.0392. The highest BCUT2D eigenvalue weighted by molar-refractivity contribution is 5.84. The number of quaternary nitrogens is 1. The van der Waals surface area contributed by atoms with Crippen molar-refractivity contribution in [2.45, 2.75) is 20.0 Å². The first-order valence-corrected chi connectivity index (χ1v) is 8.55. The molecule has 1 aliphatic rings. The molecule has 0 saturated carbocycles. The largest absolute Gasteiger partial charge is 0.507 e. The molecule has 0 spiro atoms. The van der Waals surface area contributed by atoms with Crippen LogP contribution in [0.2, 0.25) is 0 Å². The van der Waals surface area contributed by atoms with Crippen LogP contribution < -0.4 is 10.1 Å². The van der Waals surface area contributed by atoms with Gasteiger partial charge in [0, 0.05) is 11.8 Å². The number of ether oxygens (including phenoxy) is 2. The van der Waals surface area contributed by atoms with Gasteiger partial charge in [-0.1, -0.05) is 0 Å². The summed E-state index contributed by atoms with van der Waals surface area (Å²) in [5.41, 5.74) is 0.555. The van der Waals surface area contributed by atoms with Gasteiger partial charge in [0.05, 0.1) is 26.4 Å². The number of phenols is 1. The molecule has 25 heavy (non-hydrogen) atoms. The van der Waals surface area contributed by atoms with Gasteiger partial charge in [0.25, 0.3) is 5.91 Å². The van der Waals surface area contributed by atoms with Crippen molar-refractivity contribution in [1.82, 2.24) is 5.32 Å². The quantitative estimate of drug-likeness (QED) is 0.571. The first-order chi connectivity index (χ1) is 11.9. The molecule has 0 atom stereocenters. The minimum absolute atomic E-state index is 0.0392. The van der Waals surface area contributed by atoms with E-state index in [4.69, 9.17) is 9.47 Å². The second kappa shape index (κ2) is 8.82. The lowest BCUT2D eigenvalue weighted by molar-refractivity contribution is -0.909. The Morgan fingerprint density at radius 2 is 2.16 bits per heavy atom. The first-order valence-electron chi connectivity index (χ1n) is 8.55. The molecule has 0 radical (unpaired) electrons. The molecule has 2 N–H and O–H groups in total. The van der Waals surface area contributed by atoms with Crippen molar-refractivity contribution in [3.05, 3.63) is 23.8 Å². The lowest BCUT2D eigenvalue weighted by Crippen LogP contribution is -2.56. The van der Waals surface area contributed by atoms with E-state index in [1.54, 1.807) is 18.2 Å². The van der Waals surface area contributed by atoms with Crippen LogP contribution in [0.1, 0.15) is 19.4 Å². The Labute approximate surface area is 148 Å². The van der Waals surface area contributed by atoms with Crippen molar-refractivity contribution >= 4 is 12.1 Å². The number of benzene rings is 1. The molecule has 0 unspecified atom stereocenters. The van der Waals surface area contributed by atoms with Gasteiger partial charge in [-0.25, -0.2) is 0 Å². The van der Waals surface area contributed by atoms with Crippen LogP contribution in [0.3, 0.4) is 0 Å². The van der Waals surface area contributed by atoms with Gasteiger partial charge in [0.2, 0.25) is 0 Å². The third-order valence-corrected chi connectivity index (χ3v) is 4.04. The zero-order valence-corrected chi connectivity index (χ0v) is 15.2. The summed E-state index contributed by atoms with van der Waals surface area (Å²) in [7, 11) is 2.06. The van der Waals surface area contributed by atoms with Gasteiger partial charge in [0.15, 0.2) is 6.54 Å². The van der Waals surface area contributed by atoms with Gasteiger partial charge in [-0.15, -0.1) is 0 Å². The van der Waals surface area contributed by atoms with Crippen molar-refractivity contribution in [2.24, 2.45) is 4.99 Å². The van der Waals surface area contributed by atoms with Crippen LogP contribution in [0.5, 0.6) is 11.5 Å². The second-order valence-electron chi connectivity index (χ2n) is 6.79. The van der Waals surface area contributed by atoms with E-state index in [0.29, 0.717) is 35.6 Å². The van der Waals surface area contributed by atoms with Crippen LogP contribution in [0.4, 0.5) is 0 Å². The van der Waals surface area contributed by atoms with Gasteiger partial charge in [0.1, 0.15) is 31.3 Å². The number of nitrogens with one attached hydrogen (secondary N) is 1. The van der Waals surface area contributed by atoms with E-state index in [0.717, 1.165) is 13.1 Å². The lowest BCUT2D eigenvalue weighted by atomic mass is 10.2. The van der Waals surface area contributed by atoms with E-state index in [1.165, 1.54) is 6.21 Å². The van der Waals surface area contributed by atoms with Crippen LogP contribution in [0, 0.1) is 0 Å². The average Bonchev–Trinajstić information content (AvgIpc) is 2.54. The fraction of sp³-hybridized carbons (Fsp3) is 0.556. The number of nitrogens with zero attached hydrogens (tertiary/aromatic N) is 2. The van der Waals surface area contributed by atoms with Gasteiger partial charge < -0.3 is 24.4 Å². The summed E-state index contributed by atoms with van der Waals surface area (Å²) in [6.45, 7) is 7.53. The molecule has 7 heteroatoms. The van der Waals surface area contributed by atoms with Gasteiger partial charge in [-0.2, -0.15) is 0 Å². The Morgan fingerprint density at radius 1 is 1.44 bits per heavy atom. The predicted molar refractivity (Wildman–Crippen MR) is 96.1 cm³/mol. The molecule has 0 bridgehead atoms. The zero-order chi connectivity index (χ0) is 18.3. The molecule has 1 aromatic carbocycles. The highest BCUT2D eigenvalue weighted by Crippen LogP contribution is 2.22. The molecule has 1 aromatic rings. The van der Waals surface area contributed by atoms with Crippen LogP contribution >= 0.6 is 0 Å². The Bertz CT molecular complexity index is 610. The number of aliphatic imine (C=N–C) groups is 1. The van der Waals surface area contributed by atoms with E-state index < -0.39 is 0 Å². The maximum atomic E-state index is 12.1. The Morgan fingerprint density at radius 3 is 2.84 bits per heavy atom. The highest BCUT2D eigenvalue weighted by atomic mass is 16.5. The maximum Gasteiger partial charge on any atom is 0.276 e. The van der Waals surface area contributed by atoms with Crippen LogP contribution in [-0.2, 0) is 9.53 Å². The van der Waals surface area contributed by atoms with E-state index in [-0.39, 0.29) is 24.4 Å². The number of aromatic hydroxyl groups is 1. The van der Waals surface area contributed by atoms with Gasteiger partial charge in [-0.3, -0.25) is 9.79 Å². The van der Waals surface area contributed by atoms with Gasteiger partial charge >= 0.3 is 0 Å². The van der Waals surface area contributed by atoms with Crippen LogP contribution in [-0.4, -0.2) is 74.4 Å². The molecular weight excluding hydrogens is 322 g/mol. The van der Waals surface area contributed by atoms with E-state index in [9.17, 15) is 9.90 Å². The highest BCUT2D eigenvalue weighted by Gasteiger charge is 2.27. The number of rotatable bonds is 7. The van der Waals surface area contributed by atoms with Crippen molar-refractivity contribution < 1.29 is 23.9 Å². The molecule has 1 fully saturated rings. The van der Waals surface area contributed by atoms with Crippen LogP contribution in [0.25, 0.3) is 0 Å². The molecule has 0 aromatic heterocycles. The number of phenolic OH excluding ortho intramolecular Hbond substituents is 1. The topological polar surface area (TPSA) is 80.2 Å². The van der Waals surface area contributed by atoms with E-state index in [1.807, 2.05) is 13.8 Å². The Hall–Kier alpha value is -2.12. The number of morpholine rings is 1. The summed E-state index contributed by atoms with van der Waals surface area (Å²) in [4.78, 5) is 16.2.